The molecule has 1 amide bonds. The van der Waals surface area contributed by atoms with Gasteiger partial charge in [0.1, 0.15) is 5.69 Å². The van der Waals surface area contributed by atoms with Gasteiger partial charge in [0.05, 0.1) is 27.1 Å². The second-order valence-corrected chi connectivity index (χ2v) is 7.61. The standard InChI is InChI=1S/C23H18N4O4/c1-13-17(8-5-9-19(13)27(29)30)24-22(28)16-12-18(14-10-11-14)25-23-20(16)21(26-31-23)15-6-3-2-4-7-15/h2-9,12,14H,10-11H2,1H3,(H,24,28). The third kappa shape index (κ3) is 3.42. The van der Waals surface area contributed by atoms with Crippen LogP contribution in [-0.4, -0.2) is 21.0 Å². The molecule has 5 rings (SSSR count). The molecule has 1 fully saturated rings. The third-order valence-corrected chi connectivity index (χ3v) is 5.50. The summed E-state index contributed by atoms with van der Waals surface area (Å²) in [5, 5.41) is 18.8. The SMILES string of the molecule is Cc1c(NC(=O)c2cc(C3CC3)nc3onc(-c4ccccc4)c23)cccc1[N+](=O)[O-]. The molecule has 1 saturated carbocycles. The molecular formula is C23H18N4O4. The number of hydrogen-bond donors (Lipinski definition) is 1. The van der Waals surface area contributed by atoms with E-state index in [0.29, 0.717) is 39.5 Å². The van der Waals surface area contributed by atoms with Gasteiger partial charge in [-0.05, 0) is 31.9 Å². The van der Waals surface area contributed by atoms with Crippen LogP contribution < -0.4 is 5.32 Å². The summed E-state index contributed by atoms with van der Waals surface area (Å²) in [4.78, 5) is 28.7. The molecule has 8 heteroatoms. The minimum absolute atomic E-state index is 0.0497. The monoisotopic (exact) mass is 414 g/mol. The van der Waals surface area contributed by atoms with Crippen LogP contribution in [0.15, 0.2) is 59.1 Å². The second-order valence-electron chi connectivity index (χ2n) is 7.61. The molecule has 31 heavy (non-hydrogen) atoms. The number of fused-ring (bicyclic) bond motifs is 1. The molecule has 0 aliphatic heterocycles. The van der Waals surface area contributed by atoms with E-state index in [1.807, 2.05) is 30.3 Å². The Balaban J connectivity index is 1.63. The van der Waals surface area contributed by atoms with Crippen molar-refractivity contribution in [3.8, 4) is 11.3 Å². The third-order valence-electron chi connectivity index (χ3n) is 5.50. The minimum Gasteiger partial charge on any atom is -0.335 e. The van der Waals surface area contributed by atoms with Crippen molar-refractivity contribution in [1.29, 1.82) is 0 Å². The van der Waals surface area contributed by atoms with Crippen LogP contribution in [0.3, 0.4) is 0 Å². The summed E-state index contributed by atoms with van der Waals surface area (Å²) in [5.74, 6) is -0.0842. The number of pyridine rings is 1. The maximum absolute atomic E-state index is 13.4. The zero-order valence-electron chi connectivity index (χ0n) is 16.7. The van der Waals surface area contributed by atoms with E-state index in [1.165, 1.54) is 6.07 Å². The molecule has 1 aliphatic carbocycles. The highest BCUT2D eigenvalue weighted by Crippen LogP contribution is 2.41. The van der Waals surface area contributed by atoms with Crippen molar-refractivity contribution in [3.63, 3.8) is 0 Å². The summed E-state index contributed by atoms with van der Waals surface area (Å²) >= 11 is 0. The smallest absolute Gasteiger partial charge is 0.274 e. The van der Waals surface area contributed by atoms with Crippen LogP contribution >= 0.6 is 0 Å². The lowest BCUT2D eigenvalue weighted by Crippen LogP contribution is -2.14. The van der Waals surface area contributed by atoms with Gasteiger partial charge >= 0.3 is 0 Å². The summed E-state index contributed by atoms with van der Waals surface area (Å²) in [5.41, 5.74) is 3.56. The predicted molar refractivity (Wildman–Crippen MR) is 115 cm³/mol. The van der Waals surface area contributed by atoms with E-state index in [0.717, 1.165) is 24.1 Å². The first-order valence-electron chi connectivity index (χ1n) is 9.94. The molecule has 0 saturated heterocycles. The number of hydrogen-bond acceptors (Lipinski definition) is 6. The first-order chi connectivity index (χ1) is 15.0. The zero-order valence-corrected chi connectivity index (χ0v) is 16.7. The highest BCUT2D eigenvalue weighted by molar-refractivity contribution is 6.15. The van der Waals surface area contributed by atoms with Gasteiger partial charge in [0.15, 0.2) is 0 Å². The van der Waals surface area contributed by atoms with Crippen molar-refractivity contribution in [1.82, 2.24) is 10.1 Å². The predicted octanol–water partition coefficient (Wildman–Crippen LogP) is 5.24. The Kier molecular flexibility index (Phi) is 4.47. The van der Waals surface area contributed by atoms with Crippen LogP contribution in [0.4, 0.5) is 11.4 Å². The summed E-state index contributed by atoms with van der Waals surface area (Å²) in [7, 11) is 0. The number of benzene rings is 2. The quantitative estimate of drug-likeness (QED) is 0.353. The first kappa shape index (κ1) is 18.9. The van der Waals surface area contributed by atoms with Gasteiger partial charge in [-0.3, -0.25) is 14.9 Å². The van der Waals surface area contributed by atoms with Crippen LogP contribution in [-0.2, 0) is 0 Å². The van der Waals surface area contributed by atoms with Crippen molar-refractivity contribution in [2.45, 2.75) is 25.7 Å². The number of rotatable bonds is 5. The Morgan fingerprint density at radius 2 is 1.94 bits per heavy atom. The van der Waals surface area contributed by atoms with Gasteiger partial charge in [0.25, 0.3) is 17.3 Å². The zero-order chi connectivity index (χ0) is 21.5. The van der Waals surface area contributed by atoms with E-state index in [-0.39, 0.29) is 5.69 Å². The number of nitro benzene ring substituents is 1. The Morgan fingerprint density at radius 1 is 1.16 bits per heavy atom. The van der Waals surface area contributed by atoms with Gasteiger partial charge in [-0.2, -0.15) is 0 Å². The molecular weight excluding hydrogens is 396 g/mol. The average Bonchev–Trinajstić information content (AvgIpc) is 3.54. The molecule has 8 nitrogen and oxygen atoms in total. The highest BCUT2D eigenvalue weighted by Gasteiger charge is 2.29. The summed E-state index contributed by atoms with van der Waals surface area (Å²) in [6, 6.07) is 15.8. The molecule has 154 valence electrons. The fraction of sp³-hybridized carbons (Fsp3) is 0.174. The van der Waals surface area contributed by atoms with Gasteiger partial charge in [0, 0.05) is 23.2 Å². The Morgan fingerprint density at radius 3 is 2.65 bits per heavy atom. The lowest BCUT2D eigenvalue weighted by molar-refractivity contribution is -0.385. The second kappa shape index (κ2) is 7.32. The largest absolute Gasteiger partial charge is 0.335 e. The first-order valence-corrected chi connectivity index (χ1v) is 9.94. The fourth-order valence-corrected chi connectivity index (χ4v) is 3.68. The molecule has 0 atom stereocenters. The van der Waals surface area contributed by atoms with Gasteiger partial charge in [-0.15, -0.1) is 0 Å². The van der Waals surface area contributed by atoms with Crippen LogP contribution in [0.5, 0.6) is 0 Å². The minimum atomic E-state index is -0.464. The van der Waals surface area contributed by atoms with E-state index in [2.05, 4.69) is 15.5 Å². The average molecular weight is 414 g/mol. The Hall–Kier alpha value is -4.07. The number of nitrogens with one attached hydrogen (secondary N) is 1. The molecule has 4 aromatic rings. The number of anilines is 1. The Labute approximate surface area is 177 Å². The van der Waals surface area contributed by atoms with Crippen molar-refractivity contribution in [2.24, 2.45) is 0 Å². The number of amides is 1. The molecule has 0 unspecified atom stereocenters. The van der Waals surface area contributed by atoms with E-state index in [9.17, 15) is 14.9 Å². The molecule has 2 aromatic carbocycles. The number of nitro groups is 1. The number of aromatic nitrogens is 2. The van der Waals surface area contributed by atoms with E-state index in [4.69, 9.17) is 4.52 Å². The Bertz CT molecular complexity index is 1330. The van der Waals surface area contributed by atoms with E-state index < -0.39 is 10.8 Å². The molecule has 1 N–H and O–H groups in total. The van der Waals surface area contributed by atoms with Crippen LogP contribution in [0.25, 0.3) is 22.4 Å². The molecule has 0 radical (unpaired) electrons. The van der Waals surface area contributed by atoms with E-state index >= 15 is 0 Å². The van der Waals surface area contributed by atoms with Gasteiger partial charge in [-0.25, -0.2) is 4.98 Å². The van der Waals surface area contributed by atoms with Crippen molar-refractivity contribution < 1.29 is 14.2 Å². The number of carbonyl (C=O) groups excluding carboxylic acids is 1. The number of nitrogens with zero attached hydrogens (tertiary/aromatic N) is 3. The maximum atomic E-state index is 13.4. The molecule has 1 aliphatic rings. The normalized spacial score (nSPS) is 13.3. The van der Waals surface area contributed by atoms with Crippen LogP contribution in [0.2, 0.25) is 0 Å². The van der Waals surface area contributed by atoms with Gasteiger partial charge < -0.3 is 9.84 Å². The summed E-state index contributed by atoms with van der Waals surface area (Å²) in [6.45, 7) is 1.61. The molecule has 0 spiro atoms. The van der Waals surface area contributed by atoms with E-state index in [1.54, 1.807) is 25.1 Å². The number of carbonyl (C=O) groups is 1. The van der Waals surface area contributed by atoms with Crippen molar-refractivity contribution >= 4 is 28.4 Å². The van der Waals surface area contributed by atoms with Gasteiger partial charge in [-0.1, -0.05) is 41.6 Å². The van der Waals surface area contributed by atoms with Gasteiger partial charge in [0.2, 0.25) is 0 Å². The summed E-state index contributed by atoms with van der Waals surface area (Å²) < 4.78 is 5.51. The molecule has 0 bridgehead atoms. The van der Waals surface area contributed by atoms with Crippen molar-refractivity contribution in [2.75, 3.05) is 5.32 Å². The van der Waals surface area contributed by atoms with Crippen molar-refractivity contribution in [3.05, 3.63) is 81.5 Å². The molecule has 2 heterocycles. The fourth-order valence-electron chi connectivity index (χ4n) is 3.68. The maximum Gasteiger partial charge on any atom is 0.274 e. The van der Waals surface area contributed by atoms with Crippen LogP contribution in [0, 0.1) is 17.0 Å². The topological polar surface area (TPSA) is 111 Å². The highest BCUT2D eigenvalue weighted by atomic mass is 16.6. The lowest BCUT2D eigenvalue weighted by atomic mass is 10.0. The molecule has 2 aromatic heterocycles. The summed E-state index contributed by atoms with van der Waals surface area (Å²) in [6.07, 6.45) is 2.03. The van der Waals surface area contributed by atoms with Crippen LogP contribution in [0.1, 0.15) is 40.4 Å². The lowest BCUT2D eigenvalue weighted by Gasteiger charge is -2.10.